The number of rotatable bonds is 7. The third-order valence-electron chi connectivity index (χ3n) is 3.35. The van der Waals surface area contributed by atoms with Crippen molar-refractivity contribution >= 4 is 10.9 Å². The van der Waals surface area contributed by atoms with E-state index < -0.39 is 0 Å². The maximum absolute atomic E-state index is 8.53. The quantitative estimate of drug-likeness (QED) is 0.770. The number of aromatic nitrogens is 1. The van der Waals surface area contributed by atoms with Gasteiger partial charge in [0.05, 0.1) is 6.07 Å². The van der Waals surface area contributed by atoms with E-state index in [1.165, 1.54) is 16.5 Å². The summed E-state index contributed by atoms with van der Waals surface area (Å²) >= 11 is 0. The molecular formula is C16H21N3. The number of fused-ring (bicyclic) bond motifs is 1. The maximum Gasteiger partial charge on any atom is 0.0621 e. The molecule has 2 rings (SSSR count). The Morgan fingerprint density at radius 2 is 2.16 bits per heavy atom. The molecule has 0 aliphatic rings. The minimum Gasteiger partial charge on any atom is -0.347 e. The SMILES string of the molecule is CCNCc1ccc2c(ccn2CCCCC#N)c1. The third kappa shape index (κ3) is 3.59. The van der Waals surface area contributed by atoms with E-state index in [1.54, 1.807) is 0 Å². The molecule has 0 radical (unpaired) electrons. The van der Waals surface area contributed by atoms with Gasteiger partial charge in [0.15, 0.2) is 0 Å². The first-order chi connectivity index (χ1) is 9.35. The fourth-order valence-electron chi connectivity index (χ4n) is 2.31. The van der Waals surface area contributed by atoms with Crippen molar-refractivity contribution in [3.05, 3.63) is 36.0 Å². The Kier molecular flexibility index (Phi) is 5.00. The number of aryl methyl sites for hydroxylation is 1. The Balaban J connectivity index is 2.04. The van der Waals surface area contributed by atoms with Gasteiger partial charge in [-0.05, 0) is 48.5 Å². The van der Waals surface area contributed by atoms with E-state index in [0.717, 1.165) is 32.5 Å². The summed E-state index contributed by atoms with van der Waals surface area (Å²) in [5.41, 5.74) is 2.62. The van der Waals surface area contributed by atoms with Gasteiger partial charge >= 0.3 is 0 Å². The van der Waals surface area contributed by atoms with E-state index in [2.05, 4.69) is 53.3 Å². The molecular weight excluding hydrogens is 234 g/mol. The Morgan fingerprint density at radius 3 is 2.95 bits per heavy atom. The zero-order valence-corrected chi connectivity index (χ0v) is 11.5. The molecule has 19 heavy (non-hydrogen) atoms. The van der Waals surface area contributed by atoms with Gasteiger partial charge in [0.25, 0.3) is 0 Å². The second-order valence-electron chi connectivity index (χ2n) is 4.80. The van der Waals surface area contributed by atoms with Crippen LogP contribution in [0.5, 0.6) is 0 Å². The predicted octanol–water partition coefficient (Wildman–Crippen LogP) is 3.44. The van der Waals surface area contributed by atoms with Crippen LogP contribution in [0.4, 0.5) is 0 Å². The molecule has 0 aliphatic carbocycles. The molecule has 1 aromatic carbocycles. The molecule has 3 heteroatoms. The number of nitrogens with zero attached hydrogens (tertiary/aromatic N) is 2. The van der Waals surface area contributed by atoms with E-state index in [-0.39, 0.29) is 0 Å². The third-order valence-corrected chi connectivity index (χ3v) is 3.35. The zero-order chi connectivity index (χ0) is 13.5. The van der Waals surface area contributed by atoms with Gasteiger partial charge in [0, 0.05) is 31.2 Å². The first-order valence-electron chi connectivity index (χ1n) is 7.00. The highest BCUT2D eigenvalue weighted by Crippen LogP contribution is 2.18. The van der Waals surface area contributed by atoms with E-state index in [0.29, 0.717) is 6.42 Å². The van der Waals surface area contributed by atoms with Crippen molar-refractivity contribution in [2.24, 2.45) is 0 Å². The van der Waals surface area contributed by atoms with Crippen molar-refractivity contribution in [1.82, 2.24) is 9.88 Å². The molecule has 0 fully saturated rings. The Bertz CT molecular complexity index is 563. The summed E-state index contributed by atoms with van der Waals surface area (Å²) in [5, 5.41) is 13.2. The average molecular weight is 255 g/mol. The van der Waals surface area contributed by atoms with Gasteiger partial charge in [-0.2, -0.15) is 5.26 Å². The van der Waals surface area contributed by atoms with Gasteiger partial charge in [-0.25, -0.2) is 0 Å². The highest BCUT2D eigenvalue weighted by atomic mass is 14.9. The molecule has 100 valence electrons. The Hall–Kier alpha value is -1.79. The fourth-order valence-corrected chi connectivity index (χ4v) is 2.31. The zero-order valence-electron chi connectivity index (χ0n) is 11.5. The van der Waals surface area contributed by atoms with Gasteiger partial charge < -0.3 is 9.88 Å². The highest BCUT2D eigenvalue weighted by molar-refractivity contribution is 5.80. The summed E-state index contributed by atoms with van der Waals surface area (Å²) in [5.74, 6) is 0. The lowest BCUT2D eigenvalue weighted by atomic mass is 10.1. The van der Waals surface area contributed by atoms with Crippen LogP contribution in [-0.2, 0) is 13.1 Å². The summed E-state index contributed by atoms with van der Waals surface area (Å²) in [6, 6.07) is 11.0. The first-order valence-corrected chi connectivity index (χ1v) is 7.00. The monoisotopic (exact) mass is 255 g/mol. The largest absolute Gasteiger partial charge is 0.347 e. The second kappa shape index (κ2) is 6.96. The lowest BCUT2D eigenvalue weighted by Crippen LogP contribution is -2.11. The predicted molar refractivity (Wildman–Crippen MR) is 78.8 cm³/mol. The summed E-state index contributed by atoms with van der Waals surface area (Å²) in [4.78, 5) is 0. The lowest BCUT2D eigenvalue weighted by Gasteiger charge is -2.06. The van der Waals surface area contributed by atoms with Crippen molar-refractivity contribution < 1.29 is 0 Å². The van der Waals surface area contributed by atoms with Crippen LogP contribution in [0.1, 0.15) is 31.7 Å². The van der Waals surface area contributed by atoms with Crippen LogP contribution in [0.25, 0.3) is 10.9 Å². The number of hydrogen-bond donors (Lipinski definition) is 1. The van der Waals surface area contributed by atoms with Crippen molar-refractivity contribution in [2.75, 3.05) is 6.54 Å². The number of nitrogens with one attached hydrogen (secondary N) is 1. The van der Waals surface area contributed by atoms with Crippen LogP contribution >= 0.6 is 0 Å². The lowest BCUT2D eigenvalue weighted by molar-refractivity contribution is 0.632. The molecule has 2 aromatic rings. The topological polar surface area (TPSA) is 40.8 Å². The second-order valence-corrected chi connectivity index (χ2v) is 4.80. The molecule has 1 aromatic heterocycles. The normalized spacial score (nSPS) is 10.7. The fraction of sp³-hybridized carbons (Fsp3) is 0.438. The van der Waals surface area contributed by atoms with Gasteiger partial charge in [0.2, 0.25) is 0 Å². The van der Waals surface area contributed by atoms with Gasteiger partial charge in [-0.15, -0.1) is 0 Å². The minimum absolute atomic E-state index is 0.659. The minimum atomic E-state index is 0.659. The maximum atomic E-state index is 8.53. The molecule has 0 saturated heterocycles. The molecule has 0 atom stereocenters. The Morgan fingerprint density at radius 1 is 1.26 bits per heavy atom. The number of nitriles is 1. The molecule has 0 bridgehead atoms. The summed E-state index contributed by atoms with van der Waals surface area (Å²) < 4.78 is 2.28. The molecule has 0 amide bonds. The van der Waals surface area contributed by atoms with E-state index in [1.807, 2.05) is 0 Å². The highest BCUT2D eigenvalue weighted by Gasteiger charge is 2.02. The van der Waals surface area contributed by atoms with Crippen molar-refractivity contribution in [1.29, 1.82) is 5.26 Å². The van der Waals surface area contributed by atoms with Crippen molar-refractivity contribution in [3.63, 3.8) is 0 Å². The Labute approximate surface area is 114 Å². The van der Waals surface area contributed by atoms with E-state index in [4.69, 9.17) is 5.26 Å². The molecule has 1 heterocycles. The van der Waals surface area contributed by atoms with Gasteiger partial charge in [-0.1, -0.05) is 13.0 Å². The number of benzene rings is 1. The van der Waals surface area contributed by atoms with Crippen LogP contribution in [0, 0.1) is 11.3 Å². The van der Waals surface area contributed by atoms with Gasteiger partial charge in [-0.3, -0.25) is 0 Å². The molecule has 0 spiro atoms. The van der Waals surface area contributed by atoms with Crippen LogP contribution in [-0.4, -0.2) is 11.1 Å². The van der Waals surface area contributed by atoms with Crippen LogP contribution < -0.4 is 5.32 Å². The molecule has 0 unspecified atom stereocenters. The van der Waals surface area contributed by atoms with Crippen LogP contribution in [0.15, 0.2) is 30.5 Å². The summed E-state index contributed by atoms with van der Waals surface area (Å²) in [6.45, 7) is 5.05. The van der Waals surface area contributed by atoms with Crippen molar-refractivity contribution in [2.45, 2.75) is 39.3 Å². The van der Waals surface area contributed by atoms with Crippen LogP contribution in [0.2, 0.25) is 0 Å². The smallest absolute Gasteiger partial charge is 0.0621 e. The van der Waals surface area contributed by atoms with E-state index >= 15 is 0 Å². The average Bonchev–Trinajstić information content (AvgIpc) is 2.84. The number of hydrogen-bond acceptors (Lipinski definition) is 2. The first kappa shape index (κ1) is 13.6. The molecule has 3 nitrogen and oxygen atoms in total. The van der Waals surface area contributed by atoms with Crippen LogP contribution in [0.3, 0.4) is 0 Å². The van der Waals surface area contributed by atoms with Gasteiger partial charge in [0.1, 0.15) is 0 Å². The molecule has 0 saturated carbocycles. The summed E-state index contributed by atoms with van der Waals surface area (Å²) in [6.07, 6.45) is 4.85. The summed E-state index contributed by atoms with van der Waals surface area (Å²) in [7, 11) is 0. The molecule has 1 N–H and O–H groups in total. The number of unbranched alkanes of at least 4 members (excludes halogenated alkanes) is 2. The standard InChI is InChI=1S/C16H21N3/c1-2-18-13-14-6-7-16-15(12-14)8-11-19(16)10-5-3-4-9-17/h6-8,11-12,18H,2-5,10,13H2,1H3. The van der Waals surface area contributed by atoms with Crippen molar-refractivity contribution in [3.8, 4) is 6.07 Å². The molecule has 0 aliphatic heterocycles. The van der Waals surface area contributed by atoms with E-state index in [9.17, 15) is 0 Å².